The summed E-state index contributed by atoms with van der Waals surface area (Å²) in [4.78, 5) is 1.27. The van der Waals surface area contributed by atoms with Crippen LogP contribution < -0.4 is 0 Å². The van der Waals surface area contributed by atoms with Gasteiger partial charge in [-0.3, -0.25) is 0 Å². The van der Waals surface area contributed by atoms with Crippen molar-refractivity contribution in [3.05, 3.63) is 28.0 Å². The number of hydrogen-bond donors (Lipinski definition) is 1. The van der Waals surface area contributed by atoms with Gasteiger partial charge in [0.25, 0.3) is 0 Å². The van der Waals surface area contributed by atoms with E-state index in [1.54, 1.807) is 11.3 Å². The summed E-state index contributed by atoms with van der Waals surface area (Å²) < 4.78 is 0. The van der Waals surface area contributed by atoms with Crippen LogP contribution in [-0.2, 0) is 0 Å². The maximum absolute atomic E-state index is 9.41. The molecule has 0 radical (unpaired) electrons. The monoisotopic (exact) mass is 222 g/mol. The van der Waals surface area contributed by atoms with E-state index in [4.69, 9.17) is 0 Å². The lowest BCUT2D eigenvalue weighted by molar-refractivity contribution is 0.295. The topological polar surface area (TPSA) is 20.2 Å². The normalized spacial score (nSPS) is 19.4. The van der Waals surface area contributed by atoms with Gasteiger partial charge in [-0.2, -0.15) is 0 Å². The SMILES string of the molecule is OCC(=Cc1cccs1)C1CCCCC1. The van der Waals surface area contributed by atoms with E-state index in [0.29, 0.717) is 5.92 Å². The van der Waals surface area contributed by atoms with Crippen molar-refractivity contribution in [3.63, 3.8) is 0 Å². The van der Waals surface area contributed by atoms with Gasteiger partial charge in [-0.25, -0.2) is 0 Å². The minimum atomic E-state index is 0.225. The lowest BCUT2D eigenvalue weighted by Gasteiger charge is -2.23. The van der Waals surface area contributed by atoms with E-state index in [0.717, 1.165) is 0 Å². The third kappa shape index (κ3) is 2.93. The Kier molecular flexibility index (Phi) is 3.98. The number of rotatable bonds is 3. The molecule has 2 heteroatoms. The van der Waals surface area contributed by atoms with E-state index in [-0.39, 0.29) is 6.61 Å². The molecule has 0 aromatic carbocycles. The van der Waals surface area contributed by atoms with Gasteiger partial charge in [0, 0.05) is 4.88 Å². The van der Waals surface area contributed by atoms with Crippen LogP contribution in [0.3, 0.4) is 0 Å². The standard InChI is InChI=1S/C13H18OS/c14-10-12(9-13-7-4-8-15-13)11-5-2-1-3-6-11/h4,7-9,11,14H,1-3,5-6,10H2. The average molecular weight is 222 g/mol. The Hall–Kier alpha value is -0.600. The molecule has 1 aromatic heterocycles. The van der Waals surface area contributed by atoms with Crippen molar-refractivity contribution in [2.75, 3.05) is 6.61 Å². The van der Waals surface area contributed by atoms with Crippen LogP contribution in [0.25, 0.3) is 6.08 Å². The molecule has 0 aliphatic heterocycles. The zero-order valence-electron chi connectivity index (χ0n) is 8.98. The van der Waals surface area contributed by atoms with E-state index >= 15 is 0 Å². The van der Waals surface area contributed by atoms with Crippen molar-refractivity contribution in [3.8, 4) is 0 Å². The van der Waals surface area contributed by atoms with Gasteiger partial charge in [0.1, 0.15) is 0 Å². The quantitative estimate of drug-likeness (QED) is 0.826. The lowest BCUT2D eigenvalue weighted by Crippen LogP contribution is -2.11. The van der Waals surface area contributed by atoms with Crippen LogP contribution >= 0.6 is 11.3 Å². The Morgan fingerprint density at radius 2 is 2.20 bits per heavy atom. The molecule has 1 N–H and O–H groups in total. The Labute approximate surface area is 95.5 Å². The lowest BCUT2D eigenvalue weighted by atomic mass is 9.84. The van der Waals surface area contributed by atoms with E-state index in [9.17, 15) is 5.11 Å². The Morgan fingerprint density at radius 1 is 1.40 bits per heavy atom. The minimum absolute atomic E-state index is 0.225. The molecular weight excluding hydrogens is 204 g/mol. The van der Waals surface area contributed by atoms with Crippen molar-refractivity contribution in [1.29, 1.82) is 0 Å². The fraction of sp³-hybridized carbons (Fsp3) is 0.538. The molecule has 1 fully saturated rings. The summed E-state index contributed by atoms with van der Waals surface area (Å²) in [7, 11) is 0. The van der Waals surface area contributed by atoms with Crippen LogP contribution in [0.4, 0.5) is 0 Å². The second-order valence-electron chi connectivity index (χ2n) is 4.23. The zero-order chi connectivity index (χ0) is 10.5. The highest BCUT2D eigenvalue weighted by molar-refractivity contribution is 7.10. The molecule has 0 amide bonds. The van der Waals surface area contributed by atoms with E-state index in [2.05, 4.69) is 23.6 Å². The summed E-state index contributed by atoms with van der Waals surface area (Å²) in [5.41, 5.74) is 1.23. The summed E-state index contributed by atoms with van der Waals surface area (Å²) in [5.74, 6) is 0.630. The van der Waals surface area contributed by atoms with Crippen LogP contribution in [0.15, 0.2) is 23.1 Å². The third-order valence-electron chi connectivity index (χ3n) is 3.18. The van der Waals surface area contributed by atoms with Gasteiger partial charge >= 0.3 is 0 Å². The Morgan fingerprint density at radius 3 is 2.80 bits per heavy atom. The van der Waals surface area contributed by atoms with Gasteiger partial charge in [0.05, 0.1) is 6.61 Å². The Bertz CT molecular complexity index is 307. The van der Waals surface area contributed by atoms with Crippen LogP contribution in [0.2, 0.25) is 0 Å². The molecule has 1 heterocycles. The molecule has 0 spiro atoms. The molecule has 2 rings (SSSR count). The number of aliphatic hydroxyl groups is 1. The first-order chi connectivity index (χ1) is 7.40. The molecule has 1 nitrogen and oxygen atoms in total. The van der Waals surface area contributed by atoms with Crippen LogP contribution in [0.1, 0.15) is 37.0 Å². The molecular formula is C13H18OS. The molecule has 0 bridgehead atoms. The minimum Gasteiger partial charge on any atom is -0.392 e. The first kappa shape index (κ1) is 10.9. The number of thiophene rings is 1. The van der Waals surface area contributed by atoms with Crippen molar-refractivity contribution in [2.45, 2.75) is 32.1 Å². The summed E-state index contributed by atoms with van der Waals surface area (Å²) in [5, 5.41) is 11.5. The number of aliphatic hydroxyl groups excluding tert-OH is 1. The fourth-order valence-corrected chi connectivity index (χ4v) is 3.01. The maximum atomic E-state index is 9.41. The highest BCUT2D eigenvalue weighted by atomic mass is 32.1. The predicted octanol–water partition coefficient (Wildman–Crippen LogP) is 3.70. The smallest absolute Gasteiger partial charge is 0.0648 e. The summed E-state index contributed by atoms with van der Waals surface area (Å²) in [6, 6.07) is 4.18. The van der Waals surface area contributed by atoms with Gasteiger partial charge in [-0.1, -0.05) is 25.3 Å². The van der Waals surface area contributed by atoms with Gasteiger partial charge < -0.3 is 5.11 Å². The Balaban J connectivity index is 2.08. The molecule has 1 saturated carbocycles. The molecule has 15 heavy (non-hydrogen) atoms. The maximum Gasteiger partial charge on any atom is 0.0648 e. The summed E-state index contributed by atoms with van der Waals surface area (Å²) in [6.07, 6.45) is 8.73. The van der Waals surface area contributed by atoms with Crippen LogP contribution in [-0.4, -0.2) is 11.7 Å². The third-order valence-corrected chi connectivity index (χ3v) is 4.00. The van der Waals surface area contributed by atoms with E-state index in [1.165, 1.54) is 42.6 Å². The largest absolute Gasteiger partial charge is 0.392 e. The highest BCUT2D eigenvalue weighted by Crippen LogP contribution is 2.31. The highest BCUT2D eigenvalue weighted by Gasteiger charge is 2.17. The molecule has 0 atom stereocenters. The second kappa shape index (κ2) is 5.47. The summed E-state index contributed by atoms with van der Waals surface area (Å²) >= 11 is 1.74. The first-order valence-electron chi connectivity index (χ1n) is 5.75. The van der Waals surface area contributed by atoms with Crippen molar-refractivity contribution in [2.24, 2.45) is 5.92 Å². The van der Waals surface area contributed by atoms with Crippen LogP contribution in [0, 0.1) is 5.92 Å². The van der Waals surface area contributed by atoms with Crippen molar-refractivity contribution < 1.29 is 5.11 Å². The van der Waals surface area contributed by atoms with Crippen LogP contribution in [0.5, 0.6) is 0 Å². The molecule has 0 saturated heterocycles. The number of hydrogen-bond acceptors (Lipinski definition) is 2. The van der Waals surface area contributed by atoms with Crippen molar-refractivity contribution >= 4 is 17.4 Å². The van der Waals surface area contributed by atoms with Gasteiger partial charge in [0.15, 0.2) is 0 Å². The van der Waals surface area contributed by atoms with Gasteiger partial charge in [0.2, 0.25) is 0 Å². The molecule has 1 aromatic rings. The molecule has 82 valence electrons. The zero-order valence-corrected chi connectivity index (χ0v) is 9.80. The predicted molar refractivity (Wildman–Crippen MR) is 66.0 cm³/mol. The molecule has 0 unspecified atom stereocenters. The fourth-order valence-electron chi connectivity index (χ4n) is 2.32. The average Bonchev–Trinajstić information content (AvgIpc) is 2.80. The van der Waals surface area contributed by atoms with Crippen molar-refractivity contribution in [1.82, 2.24) is 0 Å². The summed E-state index contributed by atoms with van der Waals surface area (Å²) in [6.45, 7) is 0.225. The first-order valence-corrected chi connectivity index (χ1v) is 6.63. The van der Waals surface area contributed by atoms with Gasteiger partial charge in [-0.15, -0.1) is 11.3 Å². The van der Waals surface area contributed by atoms with E-state index in [1.807, 2.05) is 0 Å². The molecule has 1 aliphatic rings. The second-order valence-corrected chi connectivity index (χ2v) is 5.21. The van der Waals surface area contributed by atoms with E-state index < -0.39 is 0 Å². The molecule has 1 aliphatic carbocycles. The van der Waals surface area contributed by atoms with Gasteiger partial charge in [-0.05, 0) is 41.9 Å².